The van der Waals surface area contributed by atoms with Crippen molar-refractivity contribution >= 4 is 11.5 Å². The van der Waals surface area contributed by atoms with Crippen LogP contribution in [0.2, 0.25) is 0 Å². The molecule has 2 N–H and O–H groups in total. The molecule has 1 aliphatic rings. The molecule has 1 fully saturated rings. The molecule has 4 nitrogen and oxygen atoms in total. The summed E-state index contributed by atoms with van der Waals surface area (Å²) < 4.78 is 1.93. The number of nitrogen functional groups attached to an aromatic ring is 1. The summed E-state index contributed by atoms with van der Waals surface area (Å²) in [7, 11) is 1.98. The number of nitrogens with two attached hydrogens (primary N) is 1. The van der Waals surface area contributed by atoms with Crippen LogP contribution in [-0.2, 0) is 13.5 Å². The fourth-order valence-corrected chi connectivity index (χ4v) is 2.52. The topological polar surface area (TPSA) is 47.1 Å². The molecule has 0 unspecified atom stereocenters. The van der Waals surface area contributed by atoms with Crippen LogP contribution < -0.4 is 10.6 Å². The average Bonchev–Trinajstić information content (AvgIpc) is 2.67. The van der Waals surface area contributed by atoms with Gasteiger partial charge in [0, 0.05) is 20.1 Å². The van der Waals surface area contributed by atoms with E-state index in [0.29, 0.717) is 5.41 Å². The lowest BCUT2D eigenvalue weighted by molar-refractivity contribution is 0.418. The highest BCUT2D eigenvalue weighted by atomic mass is 15.4. The van der Waals surface area contributed by atoms with Gasteiger partial charge in [-0.05, 0) is 18.3 Å². The monoisotopic (exact) mass is 222 g/mol. The van der Waals surface area contributed by atoms with Crippen molar-refractivity contribution in [1.82, 2.24) is 9.78 Å². The Hall–Kier alpha value is -1.19. The maximum absolute atomic E-state index is 6.16. The predicted octanol–water partition coefficient (Wildman–Crippen LogP) is 1.80. The van der Waals surface area contributed by atoms with Gasteiger partial charge in [-0.1, -0.05) is 20.8 Å². The number of hydrogen-bond acceptors (Lipinski definition) is 3. The van der Waals surface area contributed by atoms with Gasteiger partial charge < -0.3 is 10.6 Å². The summed E-state index contributed by atoms with van der Waals surface area (Å²) in [6.07, 6.45) is 2.12. The van der Waals surface area contributed by atoms with Crippen molar-refractivity contribution in [1.29, 1.82) is 0 Å². The number of aryl methyl sites for hydroxylation is 2. The Morgan fingerprint density at radius 3 is 2.56 bits per heavy atom. The van der Waals surface area contributed by atoms with Gasteiger partial charge in [-0.2, -0.15) is 5.10 Å². The van der Waals surface area contributed by atoms with Crippen molar-refractivity contribution in [2.24, 2.45) is 12.5 Å². The van der Waals surface area contributed by atoms with E-state index in [2.05, 4.69) is 30.8 Å². The van der Waals surface area contributed by atoms with Crippen LogP contribution in [0.15, 0.2) is 0 Å². The van der Waals surface area contributed by atoms with Gasteiger partial charge in [0.05, 0.1) is 11.4 Å². The van der Waals surface area contributed by atoms with E-state index < -0.39 is 0 Å². The third-order valence-corrected chi connectivity index (χ3v) is 3.44. The van der Waals surface area contributed by atoms with Gasteiger partial charge in [-0.3, -0.25) is 4.68 Å². The molecule has 2 heterocycles. The van der Waals surface area contributed by atoms with E-state index in [0.717, 1.165) is 36.7 Å². The van der Waals surface area contributed by atoms with E-state index in [1.807, 2.05) is 11.7 Å². The van der Waals surface area contributed by atoms with Crippen molar-refractivity contribution in [3.05, 3.63) is 5.69 Å². The molecule has 1 aromatic heterocycles. The van der Waals surface area contributed by atoms with Crippen LogP contribution in [-0.4, -0.2) is 22.9 Å². The number of hydrogen-bond donors (Lipinski definition) is 1. The van der Waals surface area contributed by atoms with Gasteiger partial charge in [0.2, 0.25) is 0 Å². The molecule has 2 rings (SSSR count). The van der Waals surface area contributed by atoms with E-state index in [-0.39, 0.29) is 0 Å². The molecule has 16 heavy (non-hydrogen) atoms. The van der Waals surface area contributed by atoms with Crippen LogP contribution in [0.5, 0.6) is 0 Å². The molecule has 0 bridgehead atoms. The average molecular weight is 222 g/mol. The largest absolute Gasteiger partial charge is 0.394 e. The molecule has 0 spiro atoms. The zero-order valence-electron chi connectivity index (χ0n) is 10.7. The van der Waals surface area contributed by atoms with Crippen LogP contribution in [0.1, 0.15) is 32.9 Å². The highest BCUT2D eigenvalue weighted by molar-refractivity contribution is 5.67. The molecule has 0 atom stereocenters. The number of rotatable bonds is 2. The van der Waals surface area contributed by atoms with Gasteiger partial charge >= 0.3 is 0 Å². The SMILES string of the molecule is CCc1nn(C)c(N2CCC(C)(C)C2)c1N. The van der Waals surface area contributed by atoms with Crippen LogP contribution in [0.4, 0.5) is 11.5 Å². The van der Waals surface area contributed by atoms with Crippen molar-refractivity contribution in [3.63, 3.8) is 0 Å². The smallest absolute Gasteiger partial charge is 0.150 e. The Labute approximate surface area is 97.4 Å². The Morgan fingerprint density at radius 1 is 1.44 bits per heavy atom. The predicted molar refractivity (Wildman–Crippen MR) is 67.6 cm³/mol. The molecule has 0 saturated carbocycles. The van der Waals surface area contributed by atoms with Crippen molar-refractivity contribution in [2.45, 2.75) is 33.6 Å². The Balaban J connectivity index is 2.31. The van der Waals surface area contributed by atoms with Crippen LogP contribution in [0.25, 0.3) is 0 Å². The summed E-state index contributed by atoms with van der Waals surface area (Å²) in [5.41, 5.74) is 8.43. The van der Waals surface area contributed by atoms with Gasteiger partial charge in [0.25, 0.3) is 0 Å². The molecule has 0 radical (unpaired) electrons. The highest BCUT2D eigenvalue weighted by Gasteiger charge is 2.32. The zero-order valence-corrected chi connectivity index (χ0v) is 10.7. The van der Waals surface area contributed by atoms with E-state index in [1.165, 1.54) is 6.42 Å². The lowest BCUT2D eigenvalue weighted by Crippen LogP contribution is -2.25. The molecule has 1 aliphatic heterocycles. The van der Waals surface area contributed by atoms with E-state index in [1.54, 1.807) is 0 Å². The third-order valence-electron chi connectivity index (χ3n) is 3.44. The molecule has 1 saturated heterocycles. The van der Waals surface area contributed by atoms with E-state index >= 15 is 0 Å². The minimum Gasteiger partial charge on any atom is -0.394 e. The molecule has 0 aliphatic carbocycles. The van der Waals surface area contributed by atoms with E-state index in [9.17, 15) is 0 Å². The first kappa shape index (κ1) is 11.3. The Kier molecular flexibility index (Phi) is 2.60. The summed E-state index contributed by atoms with van der Waals surface area (Å²) in [4.78, 5) is 2.36. The fraction of sp³-hybridized carbons (Fsp3) is 0.750. The lowest BCUT2D eigenvalue weighted by atomic mass is 9.93. The fourth-order valence-electron chi connectivity index (χ4n) is 2.52. The Bertz CT molecular complexity index is 392. The number of nitrogens with zero attached hydrogens (tertiary/aromatic N) is 3. The first-order valence-electron chi connectivity index (χ1n) is 6.01. The summed E-state index contributed by atoms with van der Waals surface area (Å²) in [5.74, 6) is 1.10. The van der Waals surface area contributed by atoms with Crippen LogP contribution in [0, 0.1) is 5.41 Å². The van der Waals surface area contributed by atoms with Gasteiger partial charge in [0.15, 0.2) is 0 Å². The van der Waals surface area contributed by atoms with Gasteiger partial charge in [-0.15, -0.1) is 0 Å². The third kappa shape index (κ3) is 1.77. The van der Waals surface area contributed by atoms with Gasteiger partial charge in [-0.25, -0.2) is 0 Å². The quantitative estimate of drug-likeness (QED) is 0.830. The first-order valence-corrected chi connectivity index (χ1v) is 6.01. The second-order valence-corrected chi connectivity index (χ2v) is 5.50. The maximum Gasteiger partial charge on any atom is 0.150 e. The minimum atomic E-state index is 0.392. The van der Waals surface area contributed by atoms with Crippen molar-refractivity contribution in [2.75, 3.05) is 23.7 Å². The number of aromatic nitrogens is 2. The van der Waals surface area contributed by atoms with Crippen molar-refractivity contribution in [3.8, 4) is 0 Å². The number of anilines is 2. The van der Waals surface area contributed by atoms with Crippen LogP contribution in [0.3, 0.4) is 0 Å². The molecule has 1 aromatic rings. The minimum absolute atomic E-state index is 0.392. The molecular formula is C12H22N4. The van der Waals surface area contributed by atoms with Crippen molar-refractivity contribution < 1.29 is 0 Å². The van der Waals surface area contributed by atoms with Gasteiger partial charge in [0.1, 0.15) is 5.82 Å². The molecule has 90 valence electrons. The Morgan fingerprint density at radius 2 is 2.12 bits per heavy atom. The van der Waals surface area contributed by atoms with E-state index in [4.69, 9.17) is 5.73 Å². The molecule has 0 aromatic carbocycles. The second-order valence-electron chi connectivity index (χ2n) is 5.50. The molecule has 4 heteroatoms. The maximum atomic E-state index is 6.16. The normalized spacial score (nSPS) is 19.4. The lowest BCUT2D eigenvalue weighted by Gasteiger charge is -2.22. The standard InChI is InChI=1S/C12H22N4/c1-5-9-10(13)11(15(4)14-9)16-7-6-12(2,3)8-16/h5-8,13H2,1-4H3. The summed E-state index contributed by atoms with van der Waals surface area (Å²) in [6, 6.07) is 0. The zero-order chi connectivity index (χ0) is 11.9. The molecule has 0 amide bonds. The second kappa shape index (κ2) is 3.68. The van der Waals surface area contributed by atoms with Crippen LogP contribution >= 0.6 is 0 Å². The highest BCUT2D eigenvalue weighted by Crippen LogP contribution is 2.35. The summed E-state index contributed by atoms with van der Waals surface area (Å²) >= 11 is 0. The molecular weight excluding hydrogens is 200 g/mol. The summed E-state index contributed by atoms with van der Waals surface area (Å²) in [6.45, 7) is 8.86. The summed E-state index contributed by atoms with van der Waals surface area (Å²) in [5, 5.41) is 4.47. The first-order chi connectivity index (χ1) is 7.44.